The summed E-state index contributed by atoms with van der Waals surface area (Å²) in [5.41, 5.74) is 1.19. The van der Waals surface area contributed by atoms with E-state index in [1.54, 1.807) is 6.07 Å². The summed E-state index contributed by atoms with van der Waals surface area (Å²) in [5, 5.41) is 3.30. The molecule has 0 radical (unpaired) electrons. The van der Waals surface area contributed by atoms with Crippen molar-refractivity contribution in [2.45, 2.75) is 37.4 Å². The monoisotopic (exact) mass is 305 g/mol. The first-order valence-electron chi connectivity index (χ1n) is 7.53. The number of anilines is 1. The summed E-state index contributed by atoms with van der Waals surface area (Å²) in [4.78, 5) is 0. The molecule has 0 spiro atoms. The van der Waals surface area contributed by atoms with Gasteiger partial charge in [-0.3, -0.25) is 0 Å². The van der Waals surface area contributed by atoms with Crippen molar-refractivity contribution in [2.75, 3.05) is 5.32 Å². The van der Waals surface area contributed by atoms with Crippen molar-refractivity contribution in [3.8, 4) is 0 Å². The third kappa shape index (κ3) is 3.26. The Morgan fingerprint density at radius 2 is 1.68 bits per heavy atom. The van der Waals surface area contributed by atoms with Crippen LogP contribution in [-0.2, 0) is 6.18 Å². The van der Waals surface area contributed by atoms with Gasteiger partial charge in [-0.15, -0.1) is 0 Å². The van der Waals surface area contributed by atoms with Gasteiger partial charge in [-0.1, -0.05) is 42.8 Å². The number of rotatable bonds is 3. The van der Waals surface area contributed by atoms with E-state index in [2.05, 4.69) is 17.4 Å². The van der Waals surface area contributed by atoms with Crippen LogP contribution in [0.3, 0.4) is 0 Å². The molecule has 116 valence electrons. The first kappa shape index (κ1) is 14.9. The van der Waals surface area contributed by atoms with Crippen LogP contribution >= 0.6 is 0 Å². The van der Waals surface area contributed by atoms with E-state index in [9.17, 15) is 13.2 Å². The Kier molecular flexibility index (Phi) is 4.10. The predicted molar refractivity (Wildman–Crippen MR) is 81.9 cm³/mol. The largest absolute Gasteiger partial charge is 0.416 e. The molecule has 0 amide bonds. The molecule has 0 aliphatic heterocycles. The molecule has 1 aliphatic rings. The van der Waals surface area contributed by atoms with Crippen molar-refractivity contribution in [3.63, 3.8) is 0 Å². The average Bonchev–Trinajstić information content (AvgIpc) is 2.96. The molecule has 2 aromatic rings. The third-order valence-corrected chi connectivity index (χ3v) is 4.29. The van der Waals surface area contributed by atoms with Crippen LogP contribution in [0.2, 0.25) is 0 Å². The maximum Gasteiger partial charge on any atom is 0.416 e. The molecule has 3 rings (SSSR count). The number of hydrogen-bond donors (Lipinski definition) is 1. The molecule has 22 heavy (non-hydrogen) atoms. The standard InChI is InChI=1S/C18H18F3N/c19-18(20,21)14-8-4-9-15(12-14)22-17-11-5-10-16(17)13-6-2-1-3-7-13/h1-4,6-9,12,16-17,22H,5,10-11H2. The van der Waals surface area contributed by atoms with Gasteiger partial charge in [0, 0.05) is 17.6 Å². The molecule has 1 saturated carbocycles. The molecule has 2 unspecified atom stereocenters. The summed E-state index contributed by atoms with van der Waals surface area (Å²) < 4.78 is 38.4. The molecule has 0 heterocycles. The summed E-state index contributed by atoms with van der Waals surface area (Å²) in [6.45, 7) is 0. The summed E-state index contributed by atoms with van der Waals surface area (Å²) in [6.07, 6.45) is -1.15. The minimum Gasteiger partial charge on any atom is -0.382 e. The lowest BCUT2D eigenvalue weighted by Crippen LogP contribution is -2.22. The van der Waals surface area contributed by atoms with Crippen LogP contribution in [0.5, 0.6) is 0 Å². The highest BCUT2D eigenvalue weighted by molar-refractivity contribution is 5.48. The molecule has 1 fully saturated rings. The SMILES string of the molecule is FC(F)(F)c1cccc(NC2CCCC2c2ccccc2)c1. The van der Waals surface area contributed by atoms with Crippen molar-refractivity contribution < 1.29 is 13.2 Å². The Labute approximate surface area is 128 Å². The minimum absolute atomic E-state index is 0.186. The molecular weight excluding hydrogens is 287 g/mol. The second-order valence-electron chi connectivity index (χ2n) is 5.78. The van der Waals surface area contributed by atoms with Crippen LogP contribution in [-0.4, -0.2) is 6.04 Å². The van der Waals surface area contributed by atoms with E-state index in [-0.39, 0.29) is 6.04 Å². The van der Waals surface area contributed by atoms with E-state index in [0.717, 1.165) is 25.3 Å². The highest BCUT2D eigenvalue weighted by Gasteiger charge is 2.32. The van der Waals surface area contributed by atoms with Gasteiger partial charge in [-0.25, -0.2) is 0 Å². The Bertz CT molecular complexity index is 622. The molecule has 1 aliphatic carbocycles. The van der Waals surface area contributed by atoms with Gasteiger partial charge in [0.2, 0.25) is 0 Å². The molecular formula is C18H18F3N. The summed E-state index contributed by atoms with van der Waals surface area (Å²) in [7, 11) is 0. The predicted octanol–water partition coefficient (Wildman–Crippen LogP) is 5.45. The number of alkyl halides is 3. The van der Waals surface area contributed by atoms with Gasteiger partial charge < -0.3 is 5.32 Å². The van der Waals surface area contributed by atoms with Gasteiger partial charge in [0.1, 0.15) is 0 Å². The average molecular weight is 305 g/mol. The van der Waals surface area contributed by atoms with Crippen LogP contribution < -0.4 is 5.32 Å². The Morgan fingerprint density at radius 1 is 0.909 bits per heavy atom. The van der Waals surface area contributed by atoms with Gasteiger partial charge >= 0.3 is 6.18 Å². The van der Waals surface area contributed by atoms with E-state index in [0.29, 0.717) is 11.6 Å². The molecule has 1 nitrogen and oxygen atoms in total. The quantitative estimate of drug-likeness (QED) is 0.794. The first-order chi connectivity index (χ1) is 10.5. The summed E-state index contributed by atoms with van der Waals surface area (Å²) >= 11 is 0. The molecule has 1 N–H and O–H groups in total. The van der Waals surface area contributed by atoms with Gasteiger partial charge in [0.15, 0.2) is 0 Å². The van der Waals surface area contributed by atoms with Crippen LogP contribution in [0.1, 0.15) is 36.3 Å². The molecule has 2 atom stereocenters. The van der Waals surface area contributed by atoms with Crippen molar-refractivity contribution in [1.82, 2.24) is 0 Å². The summed E-state index contributed by atoms with van der Waals surface area (Å²) in [6, 6.07) is 15.8. The zero-order valence-corrected chi connectivity index (χ0v) is 12.1. The van der Waals surface area contributed by atoms with Crippen molar-refractivity contribution in [2.24, 2.45) is 0 Å². The Balaban J connectivity index is 1.78. The second kappa shape index (κ2) is 6.03. The lowest BCUT2D eigenvalue weighted by atomic mass is 9.94. The molecule has 2 aromatic carbocycles. The van der Waals surface area contributed by atoms with E-state index >= 15 is 0 Å². The van der Waals surface area contributed by atoms with Crippen LogP contribution in [0.25, 0.3) is 0 Å². The molecule has 0 aromatic heterocycles. The van der Waals surface area contributed by atoms with E-state index in [1.165, 1.54) is 17.7 Å². The fourth-order valence-corrected chi connectivity index (χ4v) is 3.23. The van der Waals surface area contributed by atoms with Crippen LogP contribution in [0, 0.1) is 0 Å². The van der Waals surface area contributed by atoms with Crippen LogP contribution in [0.4, 0.5) is 18.9 Å². The zero-order chi connectivity index (χ0) is 15.6. The highest BCUT2D eigenvalue weighted by Crippen LogP contribution is 2.37. The van der Waals surface area contributed by atoms with Gasteiger partial charge in [0.05, 0.1) is 5.56 Å². The molecule has 0 saturated heterocycles. The molecule has 4 heteroatoms. The van der Waals surface area contributed by atoms with E-state index in [1.807, 2.05) is 18.2 Å². The third-order valence-electron chi connectivity index (χ3n) is 4.29. The lowest BCUT2D eigenvalue weighted by Gasteiger charge is -2.23. The number of nitrogens with one attached hydrogen (secondary N) is 1. The Morgan fingerprint density at radius 3 is 2.41 bits per heavy atom. The number of halogens is 3. The Hall–Kier alpha value is -1.97. The molecule has 0 bridgehead atoms. The first-order valence-corrected chi connectivity index (χ1v) is 7.53. The lowest BCUT2D eigenvalue weighted by molar-refractivity contribution is -0.137. The minimum atomic E-state index is -4.30. The smallest absolute Gasteiger partial charge is 0.382 e. The topological polar surface area (TPSA) is 12.0 Å². The van der Waals surface area contributed by atoms with E-state index < -0.39 is 11.7 Å². The van der Waals surface area contributed by atoms with Gasteiger partial charge in [-0.05, 0) is 36.6 Å². The highest BCUT2D eigenvalue weighted by atomic mass is 19.4. The zero-order valence-electron chi connectivity index (χ0n) is 12.1. The van der Waals surface area contributed by atoms with Gasteiger partial charge in [0.25, 0.3) is 0 Å². The van der Waals surface area contributed by atoms with Crippen molar-refractivity contribution in [3.05, 3.63) is 65.7 Å². The van der Waals surface area contributed by atoms with Crippen molar-refractivity contribution in [1.29, 1.82) is 0 Å². The number of hydrogen-bond acceptors (Lipinski definition) is 1. The van der Waals surface area contributed by atoms with E-state index in [4.69, 9.17) is 0 Å². The van der Waals surface area contributed by atoms with Gasteiger partial charge in [-0.2, -0.15) is 13.2 Å². The summed E-state index contributed by atoms with van der Waals surface area (Å²) in [5.74, 6) is 0.357. The van der Waals surface area contributed by atoms with Crippen molar-refractivity contribution >= 4 is 5.69 Å². The fraction of sp³-hybridized carbons (Fsp3) is 0.333. The maximum atomic E-state index is 12.8. The number of benzene rings is 2. The normalized spacial score (nSPS) is 21.8. The maximum absolute atomic E-state index is 12.8. The fourth-order valence-electron chi connectivity index (χ4n) is 3.23. The second-order valence-corrected chi connectivity index (χ2v) is 5.78. The van der Waals surface area contributed by atoms with Crippen LogP contribution in [0.15, 0.2) is 54.6 Å².